The van der Waals surface area contributed by atoms with Crippen molar-refractivity contribution in [2.75, 3.05) is 0 Å². The van der Waals surface area contributed by atoms with E-state index in [-0.39, 0.29) is 0 Å². The second-order valence-corrected chi connectivity index (χ2v) is 5.39. The largest absolute Gasteiger partial charge is 0.356 e. The number of nitrogens with one attached hydrogen (secondary N) is 2. The van der Waals surface area contributed by atoms with Crippen LogP contribution in [0.25, 0.3) is 22.4 Å². The van der Waals surface area contributed by atoms with Gasteiger partial charge in [-0.3, -0.25) is 4.98 Å². The van der Waals surface area contributed by atoms with Gasteiger partial charge >= 0.3 is 0 Å². The number of fused-ring (bicyclic) bond motifs is 1. The summed E-state index contributed by atoms with van der Waals surface area (Å²) in [5.74, 6) is 0.548. The molecule has 0 aliphatic rings. The van der Waals surface area contributed by atoms with E-state index in [4.69, 9.17) is 11.6 Å². The minimum absolute atomic E-state index is 0.548. The Morgan fingerprint density at radius 2 is 1.95 bits per heavy atom. The molecule has 4 aromatic rings. The molecule has 3 aromatic heterocycles. The molecule has 0 saturated carbocycles. The molecular formula is C15H11ClN6. The van der Waals surface area contributed by atoms with Crippen molar-refractivity contribution in [3.8, 4) is 11.4 Å². The standard InChI is InChI=1S/C15H11ClN6/c16-10-3-1-9(2-4-10)7-11-8-13-14(18-11)12(5-6-17-13)15-19-21-22-20-15/h1-6,8,18H,7H2,(H,19,20,21,22). The van der Waals surface area contributed by atoms with E-state index in [1.54, 1.807) is 6.20 Å². The first-order valence-electron chi connectivity index (χ1n) is 6.74. The fraction of sp³-hybridized carbons (Fsp3) is 0.0667. The Morgan fingerprint density at radius 3 is 2.73 bits per heavy atom. The van der Waals surface area contributed by atoms with Crippen molar-refractivity contribution in [3.63, 3.8) is 0 Å². The van der Waals surface area contributed by atoms with Crippen LogP contribution in [-0.4, -0.2) is 30.6 Å². The van der Waals surface area contributed by atoms with Crippen LogP contribution in [0.1, 0.15) is 11.3 Å². The summed E-state index contributed by atoms with van der Waals surface area (Å²) in [6, 6.07) is 11.7. The molecule has 108 valence electrons. The van der Waals surface area contributed by atoms with Gasteiger partial charge in [0.1, 0.15) is 0 Å². The highest BCUT2D eigenvalue weighted by atomic mass is 35.5. The van der Waals surface area contributed by atoms with Gasteiger partial charge < -0.3 is 4.98 Å². The van der Waals surface area contributed by atoms with Crippen LogP contribution in [0.5, 0.6) is 0 Å². The number of aromatic nitrogens is 6. The molecule has 22 heavy (non-hydrogen) atoms. The Balaban J connectivity index is 1.74. The Bertz CT molecular complexity index is 911. The summed E-state index contributed by atoms with van der Waals surface area (Å²) in [4.78, 5) is 7.79. The number of hydrogen-bond acceptors (Lipinski definition) is 4. The number of benzene rings is 1. The smallest absolute Gasteiger partial charge is 0.206 e. The third-order valence-electron chi connectivity index (χ3n) is 3.47. The Kier molecular flexibility index (Phi) is 3.08. The van der Waals surface area contributed by atoms with Crippen LogP contribution < -0.4 is 0 Å². The molecular weight excluding hydrogens is 300 g/mol. The molecule has 2 N–H and O–H groups in total. The lowest BCUT2D eigenvalue weighted by molar-refractivity contribution is 0.881. The van der Waals surface area contributed by atoms with E-state index in [9.17, 15) is 0 Å². The van der Waals surface area contributed by atoms with Gasteiger partial charge in [-0.2, -0.15) is 5.21 Å². The average Bonchev–Trinajstić information content (AvgIpc) is 3.18. The Hall–Kier alpha value is -2.73. The van der Waals surface area contributed by atoms with E-state index < -0.39 is 0 Å². The fourth-order valence-electron chi connectivity index (χ4n) is 2.46. The molecule has 3 heterocycles. The number of aromatic amines is 2. The van der Waals surface area contributed by atoms with Crippen molar-refractivity contribution < 1.29 is 0 Å². The van der Waals surface area contributed by atoms with Gasteiger partial charge in [0.15, 0.2) is 0 Å². The quantitative estimate of drug-likeness (QED) is 0.609. The number of tetrazole rings is 1. The number of halogens is 1. The molecule has 4 rings (SSSR count). The van der Waals surface area contributed by atoms with Crippen LogP contribution in [0.15, 0.2) is 42.6 Å². The third-order valence-corrected chi connectivity index (χ3v) is 3.72. The molecule has 0 aliphatic carbocycles. The molecule has 0 atom stereocenters. The zero-order chi connectivity index (χ0) is 14.9. The third kappa shape index (κ3) is 2.33. The van der Waals surface area contributed by atoms with Crippen LogP contribution in [0.4, 0.5) is 0 Å². The van der Waals surface area contributed by atoms with E-state index >= 15 is 0 Å². The Morgan fingerprint density at radius 1 is 1.09 bits per heavy atom. The van der Waals surface area contributed by atoms with Gasteiger partial charge in [0.2, 0.25) is 5.82 Å². The number of pyridine rings is 1. The minimum Gasteiger partial charge on any atom is -0.356 e. The molecule has 0 fully saturated rings. The number of hydrogen-bond donors (Lipinski definition) is 2. The highest BCUT2D eigenvalue weighted by molar-refractivity contribution is 6.30. The highest BCUT2D eigenvalue weighted by Crippen LogP contribution is 2.25. The Labute approximate surface area is 130 Å². The molecule has 0 radical (unpaired) electrons. The first-order chi connectivity index (χ1) is 10.8. The van der Waals surface area contributed by atoms with Gasteiger partial charge in [-0.1, -0.05) is 23.7 Å². The van der Waals surface area contributed by atoms with Crippen LogP contribution >= 0.6 is 11.6 Å². The molecule has 0 unspecified atom stereocenters. The number of rotatable bonds is 3. The monoisotopic (exact) mass is 310 g/mol. The maximum Gasteiger partial charge on any atom is 0.206 e. The lowest BCUT2D eigenvalue weighted by Gasteiger charge is -1.99. The van der Waals surface area contributed by atoms with Crippen molar-refractivity contribution in [2.45, 2.75) is 6.42 Å². The van der Waals surface area contributed by atoms with E-state index in [0.29, 0.717) is 5.82 Å². The van der Waals surface area contributed by atoms with E-state index in [2.05, 4.69) is 30.6 Å². The van der Waals surface area contributed by atoms with Crippen molar-refractivity contribution in [2.24, 2.45) is 0 Å². The lowest BCUT2D eigenvalue weighted by Crippen LogP contribution is -1.88. The molecule has 0 amide bonds. The fourth-order valence-corrected chi connectivity index (χ4v) is 2.59. The van der Waals surface area contributed by atoms with Crippen LogP contribution in [-0.2, 0) is 6.42 Å². The maximum absolute atomic E-state index is 5.92. The average molecular weight is 311 g/mol. The van der Waals surface area contributed by atoms with Crippen molar-refractivity contribution in [1.29, 1.82) is 0 Å². The summed E-state index contributed by atoms with van der Waals surface area (Å²) in [5, 5.41) is 14.9. The maximum atomic E-state index is 5.92. The number of nitrogens with zero attached hydrogens (tertiary/aromatic N) is 4. The van der Waals surface area contributed by atoms with Crippen molar-refractivity contribution >= 4 is 22.6 Å². The second-order valence-electron chi connectivity index (χ2n) is 4.95. The molecule has 0 aliphatic heterocycles. The molecule has 0 bridgehead atoms. The van der Waals surface area contributed by atoms with Gasteiger partial charge in [-0.05, 0) is 35.0 Å². The first kappa shape index (κ1) is 13.0. The summed E-state index contributed by atoms with van der Waals surface area (Å²) in [6.07, 6.45) is 2.52. The molecule has 7 heteroatoms. The molecule has 0 spiro atoms. The predicted octanol–water partition coefficient (Wildman–Crippen LogP) is 2.99. The van der Waals surface area contributed by atoms with Crippen LogP contribution in [0.2, 0.25) is 5.02 Å². The summed E-state index contributed by atoms with van der Waals surface area (Å²) >= 11 is 5.92. The number of H-pyrrole nitrogens is 2. The van der Waals surface area contributed by atoms with Crippen molar-refractivity contribution in [3.05, 3.63) is 58.9 Å². The van der Waals surface area contributed by atoms with Crippen molar-refractivity contribution in [1.82, 2.24) is 30.6 Å². The minimum atomic E-state index is 0.548. The molecule has 0 saturated heterocycles. The SMILES string of the molecule is Clc1ccc(Cc2cc3nccc(-c4nn[nH]n4)c3[nH]2)cc1. The van der Waals surface area contributed by atoms with E-state index in [0.717, 1.165) is 33.7 Å². The summed E-state index contributed by atoms with van der Waals surface area (Å²) in [7, 11) is 0. The van der Waals surface area contributed by atoms with Gasteiger partial charge in [0.05, 0.1) is 16.6 Å². The molecule has 6 nitrogen and oxygen atoms in total. The van der Waals surface area contributed by atoms with Gasteiger partial charge in [-0.25, -0.2) is 0 Å². The van der Waals surface area contributed by atoms with E-state index in [1.165, 1.54) is 5.56 Å². The van der Waals surface area contributed by atoms with Gasteiger partial charge in [0, 0.05) is 23.3 Å². The first-order valence-corrected chi connectivity index (χ1v) is 7.12. The lowest BCUT2D eigenvalue weighted by atomic mass is 10.1. The second kappa shape index (κ2) is 5.23. The zero-order valence-corrected chi connectivity index (χ0v) is 12.2. The van der Waals surface area contributed by atoms with Gasteiger partial charge in [0.25, 0.3) is 0 Å². The normalized spacial score (nSPS) is 11.1. The van der Waals surface area contributed by atoms with Crippen LogP contribution in [0, 0.1) is 0 Å². The topological polar surface area (TPSA) is 83.1 Å². The summed E-state index contributed by atoms with van der Waals surface area (Å²) < 4.78 is 0. The zero-order valence-electron chi connectivity index (χ0n) is 11.4. The summed E-state index contributed by atoms with van der Waals surface area (Å²) in [6.45, 7) is 0. The van der Waals surface area contributed by atoms with E-state index in [1.807, 2.05) is 36.4 Å². The summed E-state index contributed by atoms with van der Waals surface area (Å²) in [5.41, 5.74) is 4.91. The van der Waals surface area contributed by atoms with Gasteiger partial charge in [-0.15, -0.1) is 10.2 Å². The molecule has 1 aromatic carbocycles. The highest BCUT2D eigenvalue weighted by Gasteiger charge is 2.11. The van der Waals surface area contributed by atoms with Crippen LogP contribution in [0.3, 0.4) is 0 Å². The predicted molar refractivity (Wildman–Crippen MR) is 83.5 cm³/mol.